The molecule has 5 heteroatoms. The summed E-state index contributed by atoms with van der Waals surface area (Å²) < 4.78 is 0. The van der Waals surface area contributed by atoms with Crippen molar-refractivity contribution in [1.29, 1.82) is 0 Å². The van der Waals surface area contributed by atoms with E-state index >= 15 is 0 Å². The van der Waals surface area contributed by atoms with Gasteiger partial charge >= 0.3 is 0 Å². The molecule has 0 spiro atoms. The lowest BCUT2D eigenvalue weighted by Gasteiger charge is -2.08. The molecular weight excluding hydrogens is 304 g/mol. The van der Waals surface area contributed by atoms with E-state index in [1.165, 1.54) is 24.4 Å². The van der Waals surface area contributed by atoms with Crippen molar-refractivity contribution < 1.29 is 10.0 Å². The first-order valence-electron chi connectivity index (χ1n) is 7.28. The summed E-state index contributed by atoms with van der Waals surface area (Å²) in [6, 6.07) is 21.1. The summed E-state index contributed by atoms with van der Waals surface area (Å²) in [5.41, 5.74) is 2.90. The van der Waals surface area contributed by atoms with E-state index in [9.17, 15) is 15.2 Å². The maximum atomic E-state index is 11.7. The minimum Gasteiger partial charge on any atom is -0.872 e. The molecule has 0 aliphatic heterocycles. The summed E-state index contributed by atoms with van der Waals surface area (Å²) in [6.45, 7) is 0. The van der Waals surface area contributed by atoms with Gasteiger partial charge in [-0.1, -0.05) is 54.3 Å². The summed E-state index contributed by atoms with van der Waals surface area (Å²) in [5.74, 6) is -0.301. The minimum absolute atomic E-state index is 0.129. The lowest BCUT2D eigenvalue weighted by atomic mass is 10.1. The second-order valence-corrected chi connectivity index (χ2v) is 5.15. The Labute approximate surface area is 138 Å². The van der Waals surface area contributed by atoms with Crippen molar-refractivity contribution in [3.8, 4) is 16.9 Å². The molecule has 118 valence electrons. The largest absolute Gasteiger partial charge is 0.872 e. The van der Waals surface area contributed by atoms with Crippen LogP contribution in [-0.2, 0) is 0 Å². The highest BCUT2D eigenvalue weighted by Gasteiger charge is 2.05. The molecule has 3 rings (SSSR count). The Bertz CT molecular complexity index is 888. The van der Waals surface area contributed by atoms with Crippen LogP contribution < -0.4 is 5.11 Å². The Morgan fingerprint density at radius 1 is 0.875 bits per heavy atom. The Morgan fingerprint density at radius 3 is 2.21 bits per heavy atom. The molecule has 0 aliphatic carbocycles. The van der Waals surface area contributed by atoms with E-state index in [2.05, 4.69) is 4.99 Å². The molecule has 24 heavy (non-hydrogen) atoms. The molecular formula is C19H13N2O3-. The van der Waals surface area contributed by atoms with E-state index in [4.69, 9.17) is 0 Å². The average Bonchev–Trinajstić information content (AvgIpc) is 2.62. The van der Waals surface area contributed by atoms with Crippen molar-refractivity contribution in [3.05, 3.63) is 88.5 Å². The molecule has 0 aromatic heterocycles. The van der Waals surface area contributed by atoms with Crippen molar-refractivity contribution >= 4 is 17.6 Å². The van der Waals surface area contributed by atoms with Gasteiger partial charge in [-0.25, -0.2) is 0 Å². The number of hydrogen-bond acceptors (Lipinski definition) is 4. The molecule has 0 amide bonds. The van der Waals surface area contributed by atoms with Crippen LogP contribution in [0, 0.1) is 10.1 Å². The van der Waals surface area contributed by atoms with E-state index in [0.717, 1.165) is 11.1 Å². The smallest absolute Gasteiger partial charge is 0.270 e. The number of benzene rings is 3. The van der Waals surface area contributed by atoms with Crippen LogP contribution in [-0.4, -0.2) is 11.1 Å². The summed E-state index contributed by atoms with van der Waals surface area (Å²) in [7, 11) is 0. The maximum absolute atomic E-state index is 11.7. The number of non-ortho nitro benzene ring substituents is 1. The molecule has 3 aromatic carbocycles. The topological polar surface area (TPSA) is 78.6 Å². The van der Waals surface area contributed by atoms with Crippen molar-refractivity contribution in [2.75, 3.05) is 0 Å². The average molecular weight is 317 g/mol. The third kappa shape index (κ3) is 3.47. The summed E-state index contributed by atoms with van der Waals surface area (Å²) in [4.78, 5) is 14.5. The predicted molar refractivity (Wildman–Crippen MR) is 91.7 cm³/mol. The molecule has 5 nitrogen and oxygen atoms in total. The zero-order chi connectivity index (χ0) is 16.9. The molecule has 0 N–H and O–H groups in total. The second-order valence-electron chi connectivity index (χ2n) is 5.15. The molecule has 0 fully saturated rings. The third-order valence-corrected chi connectivity index (χ3v) is 3.53. The predicted octanol–water partition coefficient (Wildman–Crippen LogP) is 4.09. The summed E-state index contributed by atoms with van der Waals surface area (Å²) in [6.07, 6.45) is 1.35. The van der Waals surface area contributed by atoms with Crippen LogP contribution in [0.15, 0.2) is 77.8 Å². The lowest BCUT2D eigenvalue weighted by Crippen LogP contribution is -1.98. The van der Waals surface area contributed by atoms with Gasteiger partial charge < -0.3 is 5.11 Å². The molecule has 0 unspecified atom stereocenters. The van der Waals surface area contributed by atoms with E-state index in [1.54, 1.807) is 0 Å². The second kappa shape index (κ2) is 6.75. The summed E-state index contributed by atoms with van der Waals surface area (Å²) in [5, 5.41) is 22.5. The fourth-order valence-corrected chi connectivity index (χ4v) is 2.26. The van der Waals surface area contributed by atoms with Crippen LogP contribution in [0.4, 0.5) is 11.4 Å². The molecule has 0 bridgehead atoms. The number of hydrogen-bond donors (Lipinski definition) is 0. The molecule has 0 aliphatic rings. The number of rotatable bonds is 4. The first kappa shape index (κ1) is 15.4. The van der Waals surface area contributed by atoms with Crippen LogP contribution in [0.25, 0.3) is 11.1 Å². The van der Waals surface area contributed by atoms with Crippen molar-refractivity contribution in [2.45, 2.75) is 0 Å². The molecule has 0 heterocycles. The molecule has 3 aromatic rings. The first-order valence-corrected chi connectivity index (χ1v) is 7.28. The monoisotopic (exact) mass is 317 g/mol. The van der Waals surface area contributed by atoms with Gasteiger partial charge in [-0.05, 0) is 28.8 Å². The van der Waals surface area contributed by atoms with Gasteiger partial charge in [-0.15, -0.1) is 0 Å². The molecule has 0 saturated carbocycles. The fourth-order valence-electron chi connectivity index (χ4n) is 2.26. The Hall–Kier alpha value is -3.47. The zero-order valence-electron chi connectivity index (χ0n) is 12.6. The van der Waals surface area contributed by atoms with Crippen molar-refractivity contribution in [2.24, 2.45) is 4.99 Å². The van der Waals surface area contributed by atoms with Crippen molar-refractivity contribution in [3.63, 3.8) is 0 Å². The SMILES string of the molecule is O=[N+]([O-])c1ccc([O-])c(C=Nc2ccc(-c3ccccc3)cc2)c1. The maximum Gasteiger partial charge on any atom is 0.270 e. The van der Waals surface area contributed by atoms with Gasteiger partial charge in [0.2, 0.25) is 0 Å². The van der Waals surface area contributed by atoms with Crippen LogP contribution in [0.3, 0.4) is 0 Å². The van der Waals surface area contributed by atoms with Gasteiger partial charge in [0.05, 0.1) is 10.6 Å². The standard InChI is InChI=1S/C19H14N2O3/c22-19-11-10-18(21(23)24)12-16(19)13-20-17-8-6-15(7-9-17)14-4-2-1-3-5-14/h1-13,22H/p-1. The van der Waals surface area contributed by atoms with E-state index < -0.39 is 4.92 Å². The summed E-state index contributed by atoms with van der Waals surface area (Å²) >= 11 is 0. The van der Waals surface area contributed by atoms with E-state index in [0.29, 0.717) is 5.69 Å². The molecule has 0 saturated heterocycles. The van der Waals surface area contributed by atoms with E-state index in [1.807, 2.05) is 54.6 Å². The number of nitrogens with zero attached hydrogens (tertiary/aromatic N) is 2. The number of nitro groups is 1. The first-order chi connectivity index (χ1) is 11.6. The van der Waals surface area contributed by atoms with Gasteiger partial charge in [0.1, 0.15) is 0 Å². The molecule has 0 atom stereocenters. The lowest BCUT2D eigenvalue weighted by molar-refractivity contribution is -0.385. The zero-order valence-corrected chi connectivity index (χ0v) is 12.6. The highest BCUT2D eigenvalue weighted by atomic mass is 16.6. The van der Waals surface area contributed by atoms with Crippen LogP contribution in [0.5, 0.6) is 5.75 Å². The third-order valence-electron chi connectivity index (χ3n) is 3.53. The van der Waals surface area contributed by atoms with Gasteiger partial charge in [-0.3, -0.25) is 15.1 Å². The van der Waals surface area contributed by atoms with Gasteiger partial charge in [-0.2, -0.15) is 0 Å². The number of nitro benzene ring substituents is 1. The van der Waals surface area contributed by atoms with Gasteiger partial charge in [0.15, 0.2) is 0 Å². The Balaban J connectivity index is 1.83. The molecule has 0 radical (unpaired) electrons. The van der Waals surface area contributed by atoms with Crippen LogP contribution in [0.2, 0.25) is 0 Å². The number of aliphatic imine (C=N–C) groups is 1. The fraction of sp³-hybridized carbons (Fsp3) is 0. The van der Waals surface area contributed by atoms with Crippen LogP contribution >= 0.6 is 0 Å². The Kier molecular flexibility index (Phi) is 4.34. The quantitative estimate of drug-likeness (QED) is 0.413. The van der Waals surface area contributed by atoms with Crippen LogP contribution in [0.1, 0.15) is 5.56 Å². The highest BCUT2D eigenvalue weighted by Crippen LogP contribution is 2.23. The van der Waals surface area contributed by atoms with E-state index in [-0.39, 0.29) is 17.0 Å². The highest BCUT2D eigenvalue weighted by molar-refractivity contribution is 5.86. The van der Waals surface area contributed by atoms with Gasteiger partial charge in [0.25, 0.3) is 5.69 Å². The van der Waals surface area contributed by atoms with Gasteiger partial charge in [0, 0.05) is 18.3 Å². The normalized spacial score (nSPS) is 10.8. The minimum atomic E-state index is -0.536. The Morgan fingerprint density at radius 2 is 1.54 bits per heavy atom. The van der Waals surface area contributed by atoms with Crippen molar-refractivity contribution in [1.82, 2.24) is 0 Å².